The molecule has 0 saturated heterocycles. The Kier molecular flexibility index (Phi) is 18.1. The van der Waals surface area contributed by atoms with Gasteiger partial charge in [0.25, 0.3) is 0 Å². The molecule has 12 heavy (non-hydrogen) atoms. The molecule has 72 valence electrons. The zero-order valence-electron chi connectivity index (χ0n) is 8.38. The summed E-state index contributed by atoms with van der Waals surface area (Å²) < 4.78 is 9.51. The van der Waals surface area contributed by atoms with Gasteiger partial charge in [-0.05, 0) is 8.69 Å². The van der Waals surface area contributed by atoms with Crippen LogP contribution in [0.4, 0.5) is 0 Å². The minimum atomic E-state index is -1.75. The van der Waals surface area contributed by atoms with E-state index in [-0.39, 0.29) is 0 Å². The molecule has 0 aromatic heterocycles. The van der Waals surface area contributed by atoms with Gasteiger partial charge in [-0.25, -0.2) is 0 Å². The first-order chi connectivity index (χ1) is 5.72. The van der Waals surface area contributed by atoms with E-state index in [1.54, 1.807) is 0 Å². The summed E-state index contributed by atoms with van der Waals surface area (Å²) in [5, 5.41) is 1.44. The summed E-state index contributed by atoms with van der Waals surface area (Å²) in [6.07, 6.45) is 4.28. The maximum absolute atomic E-state index is 8.46. The van der Waals surface area contributed by atoms with Crippen molar-refractivity contribution in [2.75, 3.05) is 0 Å². The van der Waals surface area contributed by atoms with Crippen molar-refractivity contribution in [3.63, 3.8) is 0 Å². The van der Waals surface area contributed by atoms with Crippen LogP contribution < -0.4 is 4.89 Å². The molecule has 2 unspecified atom stereocenters. The molecule has 0 aromatic carbocycles. The predicted octanol–water partition coefficient (Wildman–Crippen LogP) is 2.15. The second-order valence-corrected chi connectivity index (χ2v) is 5.48. The second kappa shape index (κ2) is 14.3. The van der Waals surface area contributed by atoms with Crippen molar-refractivity contribution in [3.05, 3.63) is 0 Å². The Hall–Kier alpha value is 0.722. The van der Waals surface area contributed by atoms with Gasteiger partial charge < -0.3 is 9.46 Å². The maximum Gasteiger partial charge on any atom is -0.0110 e. The zero-order chi connectivity index (χ0) is 9.82. The van der Waals surface area contributed by atoms with E-state index in [2.05, 4.69) is 20.8 Å². The van der Waals surface area contributed by atoms with Crippen LogP contribution in [0, 0.1) is 0 Å². The van der Waals surface area contributed by atoms with Gasteiger partial charge in [0.2, 0.25) is 0 Å². The smallest absolute Gasteiger partial charge is 0.0110 e. The summed E-state index contributed by atoms with van der Waals surface area (Å²) in [6, 6.07) is 0. The molecule has 0 aliphatic carbocycles. The van der Waals surface area contributed by atoms with Crippen molar-refractivity contribution in [2.24, 2.45) is 0 Å². The molecule has 0 amide bonds. The van der Waals surface area contributed by atoms with E-state index in [1.807, 2.05) is 0 Å². The first-order valence-corrected chi connectivity index (χ1v) is 7.04. The fourth-order valence-electron chi connectivity index (χ4n) is 1.05. The van der Waals surface area contributed by atoms with Gasteiger partial charge in [0.1, 0.15) is 0 Å². The Morgan fingerprint density at radius 2 is 2.00 bits per heavy atom. The Morgan fingerprint density at radius 3 is 2.33 bits per heavy atom. The van der Waals surface area contributed by atoms with Crippen LogP contribution in [-0.2, 0) is 4.57 Å². The fraction of sp³-hybridized carbons (Fsp3) is 1.00. The molecular formula is C8H20AlO2P. The third-order valence-corrected chi connectivity index (χ3v) is 3.26. The first kappa shape index (κ1) is 15.2. The van der Waals surface area contributed by atoms with Crippen molar-refractivity contribution in [1.29, 1.82) is 0 Å². The molecule has 2 nitrogen and oxygen atoms in total. The van der Waals surface area contributed by atoms with Crippen molar-refractivity contribution in [3.8, 4) is 0 Å². The molecule has 0 saturated carbocycles. The van der Waals surface area contributed by atoms with Crippen LogP contribution in [0.25, 0.3) is 0 Å². The first-order valence-electron chi connectivity index (χ1n) is 4.61. The normalized spacial score (nSPS) is 12.0. The minimum absolute atomic E-state index is 0.762. The number of hydrogen-bond acceptors (Lipinski definition) is 2. The molecule has 0 aliphatic heterocycles. The monoisotopic (exact) mass is 206 g/mol. The molecule has 0 spiro atoms. The standard InChI is InChI=1S/C6H13.C2H5.Al.H3O2P/c1-3-5-6-4-2;1-2;;1-3-2/h3H,4-6H2,1-2H3;1H2,2H3;;3H2,(H,1,2)/q;;+1;/p-1. The Bertz CT molecular complexity index is 91.1. The van der Waals surface area contributed by atoms with Crippen LogP contribution in [0.5, 0.6) is 0 Å². The van der Waals surface area contributed by atoms with Gasteiger partial charge in [-0.15, -0.1) is 0 Å². The average molecular weight is 206 g/mol. The summed E-state index contributed by atoms with van der Waals surface area (Å²) in [7, 11) is -1.75. The second-order valence-electron chi connectivity index (χ2n) is 2.86. The van der Waals surface area contributed by atoms with Gasteiger partial charge in [0, 0.05) is 0 Å². The molecule has 0 N–H and O–H groups in total. The Morgan fingerprint density at radius 1 is 1.50 bits per heavy atom. The van der Waals surface area contributed by atoms with E-state index >= 15 is 0 Å². The summed E-state index contributed by atoms with van der Waals surface area (Å²) in [5.41, 5.74) is 0. The molecule has 0 aromatic rings. The van der Waals surface area contributed by atoms with E-state index in [1.165, 1.54) is 24.5 Å². The SMILES string of the molecule is CCCC[CH](C)[Al+][CH2]C.O=[PH2][O-]. The van der Waals surface area contributed by atoms with Gasteiger partial charge in [0.05, 0.1) is 0 Å². The van der Waals surface area contributed by atoms with Crippen LogP contribution in [0.1, 0.15) is 40.0 Å². The molecule has 0 fully saturated rings. The van der Waals surface area contributed by atoms with Crippen LogP contribution in [0.3, 0.4) is 0 Å². The van der Waals surface area contributed by atoms with Crippen LogP contribution >= 0.6 is 8.69 Å². The van der Waals surface area contributed by atoms with E-state index in [0.717, 1.165) is 20.0 Å². The van der Waals surface area contributed by atoms with Gasteiger partial charge in [0.15, 0.2) is 0 Å². The molecular weight excluding hydrogens is 186 g/mol. The summed E-state index contributed by atoms with van der Waals surface area (Å²) in [4.78, 5) is 8.46. The largest absolute Gasteiger partial charge is 0.804 e. The third-order valence-electron chi connectivity index (χ3n) is 1.65. The van der Waals surface area contributed by atoms with Crippen molar-refractivity contribution >= 4 is 23.9 Å². The van der Waals surface area contributed by atoms with Crippen LogP contribution in [0.2, 0.25) is 10.1 Å². The molecule has 0 bridgehead atoms. The number of rotatable bonds is 5. The molecule has 2 atom stereocenters. The van der Waals surface area contributed by atoms with Crippen LogP contribution in [-0.4, -0.2) is 15.2 Å². The summed E-state index contributed by atoms with van der Waals surface area (Å²) in [6.45, 7) is 6.97. The Balaban J connectivity index is 0. The number of hydrogen-bond donors (Lipinski definition) is 0. The quantitative estimate of drug-likeness (QED) is 0.510. The van der Waals surface area contributed by atoms with Crippen molar-refractivity contribution < 1.29 is 9.46 Å². The fourth-order valence-corrected chi connectivity index (χ4v) is 2.32. The maximum atomic E-state index is 8.46. The van der Waals surface area contributed by atoms with Gasteiger partial charge in [-0.1, -0.05) is 0 Å². The van der Waals surface area contributed by atoms with Crippen molar-refractivity contribution in [2.45, 2.75) is 50.1 Å². The molecule has 0 aliphatic rings. The molecule has 0 radical (unpaired) electrons. The van der Waals surface area contributed by atoms with Crippen LogP contribution in [0.15, 0.2) is 0 Å². The topological polar surface area (TPSA) is 40.1 Å². The van der Waals surface area contributed by atoms with E-state index < -0.39 is 8.69 Å². The van der Waals surface area contributed by atoms with Gasteiger partial charge >= 0.3 is 65.3 Å². The molecule has 4 heteroatoms. The minimum Gasteiger partial charge on any atom is -0.804 e. The summed E-state index contributed by atoms with van der Waals surface area (Å²) >= 11 is 0.762. The number of unbranched alkanes of at least 4 members (excludes halogenated alkanes) is 1. The van der Waals surface area contributed by atoms with Gasteiger partial charge in [-0.3, -0.25) is 0 Å². The predicted molar refractivity (Wildman–Crippen MR) is 55.6 cm³/mol. The average Bonchev–Trinajstić information content (AvgIpc) is 2.03. The van der Waals surface area contributed by atoms with E-state index in [9.17, 15) is 0 Å². The van der Waals surface area contributed by atoms with Crippen molar-refractivity contribution in [1.82, 2.24) is 0 Å². The van der Waals surface area contributed by atoms with E-state index in [4.69, 9.17) is 9.46 Å². The van der Waals surface area contributed by atoms with Gasteiger partial charge in [-0.2, -0.15) is 0 Å². The molecule has 0 heterocycles. The van der Waals surface area contributed by atoms with E-state index in [0.29, 0.717) is 0 Å². The molecule has 0 rings (SSSR count). The Labute approximate surface area is 83.8 Å². The summed E-state index contributed by atoms with van der Waals surface area (Å²) in [5.74, 6) is 0. The third kappa shape index (κ3) is 17.0. The zero-order valence-corrected chi connectivity index (χ0v) is 10.7.